The molecule has 1 aromatic heterocycles. The first kappa shape index (κ1) is 18.2. The van der Waals surface area contributed by atoms with Crippen LogP contribution in [0.3, 0.4) is 0 Å². The van der Waals surface area contributed by atoms with Gasteiger partial charge in [-0.05, 0) is 26.8 Å². The Kier molecular flexibility index (Phi) is 6.11. The monoisotopic (exact) mass is 327 g/mol. The average Bonchev–Trinajstić information content (AvgIpc) is 2.42. The molecule has 0 aliphatic carbocycles. The number of amides is 1. The van der Waals surface area contributed by atoms with Gasteiger partial charge in [-0.3, -0.25) is 0 Å². The van der Waals surface area contributed by atoms with Gasteiger partial charge in [-0.25, -0.2) is 9.78 Å². The number of nitrogens with zero attached hydrogens (tertiary/aromatic N) is 2. The van der Waals surface area contributed by atoms with Crippen LogP contribution in [0.2, 0.25) is 5.15 Å². The number of carbonyl (C=O) groups is 1. The standard InChI is InChI=1S/C14H18ClN3O4/c1-14(2,3)22-13(21)18-7-10(19)11(20)9-4-8(5-16)6-17-12(9)15/h4,6,10-11,19-20H,7H2,1-3H3,(H,18,21). The van der Waals surface area contributed by atoms with E-state index in [0.29, 0.717) is 0 Å². The van der Waals surface area contributed by atoms with Crippen molar-refractivity contribution in [2.75, 3.05) is 6.54 Å². The van der Waals surface area contributed by atoms with Crippen LogP contribution in [-0.4, -0.2) is 39.5 Å². The number of hydrogen-bond acceptors (Lipinski definition) is 6. The van der Waals surface area contributed by atoms with E-state index in [1.165, 1.54) is 12.3 Å². The van der Waals surface area contributed by atoms with Crippen molar-refractivity contribution in [1.82, 2.24) is 10.3 Å². The van der Waals surface area contributed by atoms with Crippen molar-refractivity contribution in [3.8, 4) is 6.07 Å². The molecule has 0 aliphatic rings. The lowest BCUT2D eigenvalue weighted by molar-refractivity contribution is 0.0128. The number of rotatable bonds is 4. The number of ether oxygens (including phenoxy) is 1. The number of aliphatic hydroxyl groups is 2. The Hall–Kier alpha value is -1.88. The number of pyridine rings is 1. The molecule has 0 spiro atoms. The van der Waals surface area contributed by atoms with Crippen LogP contribution in [0.1, 0.15) is 38.0 Å². The summed E-state index contributed by atoms with van der Waals surface area (Å²) in [7, 11) is 0. The van der Waals surface area contributed by atoms with Crippen LogP contribution in [0.15, 0.2) is 12.3 Å². The van der Waals surface area contributed by atoms with Crippen molar-refractivity contribution in [2.24, 2.45) is 0 Å². The lowest BCUT2D eigenvalue weighted by Crippen LogP contribution is -2.39. The maximum Gasteiger partial charge on any atom is 0.407 e. The van der Waals surface area contributed by atoms with Gasteiger partial charge < -0.3 is 20.3 Å². The van der Waals surface area contributed by atoms with E-state index in [9.17, 15) is 15.0 Å². The minimum Gasteiger partial charge on any atom is -0.444 e. The third-order valence-corrected chi connectivity index (χ3v) is 2.85. The third kappa shape index (κ3) is 5.48. The lowest BCUT2D eigenvalue weighted by Gasteiger charge is -2.22. The second-order valence-corrected chi connectivity index (χ2v) is 5.97. The van der Waals surface area contributed by atoms with Crippen LogP contribution < -0.4 is 5.32 Å². The Morgan fingerprint density at radius 2 is 2.18 bits per heavy atom. The van der Waals surface area contributed by atoms with Gasteiger partial charge in [-0.1, -0.05) is 11.6 Å². The highest BCUT2D eigenvalue weighted by molar-refractivity contribution is 6.30. The summed E-state index contributed by atoms with van der Waals surface area (Å²) in [5.74, 6) is 0. The average molecular weight is 328 g/mol. The summed E-state index contributed by atoms with van der Waals surface area (Å²) >= 11 is 5.84. The largest absolute Gasteiger partial charge is 0.444 e. The summed E-state index contributed by atoms with van der Waals surface area (Å²) in [6, 6.07) is 3.19. The number of halogens is 1. The smallest absolute Gasteiger partial charge is 0.407 e. The van der Waals surface area contributed by atoms with Crippen LogP contribution in [0.25, 0.3) is 0 Å². The van der Waals surface area contributed by atoms with E-state index in [0.717, 1.165) is 0 Å². The summed E-state index contributed by atoms with van der Waals surface area (Å²) in [4.78, 5) is 15.2. The van der Waals surface area contributed by atoms with E-state index in [1.54, 1.807) is 20.8 Å². The van der Waals surface area contributed by atoms with Gasteiger partial charge in [0.2, 0.25) is 0 Å². The van der Waals surface area contributed by atoms with E-state index in [2.05, 4.69) is 10.3 Å². The van der Waals surface area contributed by atoms with Gasteiger partial charge in [0.25, 0.3) is 0 Å². The Balaban J connectivity index is 2.68. The Bertz CT molecular complexity index is 580. The van der Waals surface area contributed by atoms with Crippen molar-refractivity contribution in [3.63, 3.8) is 0 Å². The zero-order chi connectivity index (χ0) is 16.9. The van der Waals surface area contributed by atoms with Crippen molar-refractivity contribution >= 4 is 17.7 Å². The maximum absolute atomic E-state index is 11.5. The second-order valence-electron chi connectivity index (χ2n) is 5.61. The molecule has 0 fully saturated rings. The molecule has 0 saturated carbocycles. The minimum atomic E-state index is -1.40. The molecule has 2 unspecified atom stereocenters. The molecule has 8 heteroatoms. The van der Waals surface area contributed by atoms with Gasteiger partial charge in [0.15, 0.2) is 0 Å². The molecular formula is C14H18ClN3O4. The van der Waals surface area contributed by atoms with Crippen LogP contribution in [0, 0.1) is 11.3 Å². The Labute approximate surface area is 133 Å². The molecule has 22 heavy (non-hydrogen) atoms. The highest BCUT2D eigenvalue weighted by atomic mass is 35.5. The fourth-order valence-electron chi connectivity index (χ4n) is 1.55. The van der Waals surface area contributed by atoms with E-state index in [-0.39, 0.29) is 22.8 Å². The molecule has 1 rings (SSSR count). The van der Waals surface area contributed by atoms with Gasteiger partial charge in [0.05, 0.1) is 5.56 Å². The number of nitrogens with one attached hydrogen (secondary N) is 1. The predicted molar refractivity (Wildman–Crippen MR) is 79.2 cm³/mol. The predicted octanol–water partition coefficient (Wildman–Crippen LogP) is 1.53. The molecule has 1 amide bonds. The van der Waals surface area contributed by atoms with E-state index >= 15 is 0 Å². The topological polar surface area (TPSA) is 115 Å². The summed E-state index contributed by atoms with van der Waals surface area (Å²) in [5.41, 5.74) is -0.355. The Morgan fingerprint density at radius 3 is 2.73 bits per heavy atom. The number of alkyl carbamates (subject to hydrolysis) is 1. The van der Waals surface area contributed by atoms with Crippen LogP contribution in [0.4, 0.5) is 4.79 Å². The van der Waals surface area contributed by atoms with E-state index < -0.39 is 23.9 Å². The number of aliphatic hydroxyl groups excluding tert-OH is 2. The molecule has 7 nitrogen and oxygen atoms in total. The quantitative estimate of drug-likeness (QED) is 0.722. The molecule has 120 valence electrons. The second kappa shape index (κ2) is 7.40. The van der Waals surface area contributed by atoms with Gasteiger partial charge in [0, 0.05) is 18.3 Å². The number of nitriles is 1. The fourth-order valence-corrected chi connectivity index (χ4v) is 1.77. The molecule has 3 N–H and O–H groups in total. The van der Waals surface area contributed by atoms with Crippen LogP contribution in [-0.2, 0) is 4.74 Å². The normalized spacial score (nSPS) is 13.9. The number of aromatic nitrogens is 1. The van der Waals surface area contributed by atoms with Gasteiger partial charge in [-0.15, -0.1) is 0 Å². The van der Waals surface area contributed by atoms with E-state index in [4.69, 9.17) is 21.6 Å². The summed E-state index contributed by atoms with van der Waals surface area (Å²) in [6.07, 6.45) is -2.19. The molecule has 0 saturated heterocycles. The first-order valence-corrected chi connectivity index (χ1v) is 6.90. The molecule has 0 aromatic carbocycles. The highest BCUT2D eigenvalue weighted by Gasteiger charge is 2.24. The van der Waals surface area contributed by atoms with Gasteiger partial charge in [-0.2, -0.15) is 5.26 Å². The molecule has 0 radical (unpaired) electrons. The maximum atomic E-state index is 11.5. The van der Waals surface area contributed by atoms with Gasteiger partial charge >= 0.3 is 6.09 Å². The minimum absolute atomic E-state index is 0.0252. The van der Waals surface area contributed by atoms with Crippen LogP contribution in [0.5, 0.6) is 0 Å². The lowest BCUT2D eigenvalue weighted by atomic mass is 10.0. The number of hydrogen-bond donors (Lipinski definition) is 3. The number of carbonyl (C=O) groups excluding carboxylic acids is 1. The summed E-state index contributed by atoms with van der Waals surface area (Å²) < 4.78 is 5.01. The zero-order valence-corrected chi connectivity index (χ0v) is 13.3. The fraction of sp³-hybridized carbons (Fsp3) is 0.500. The highest BCUT2D eigenvalue weighted by Crippen LogP contribution is 2.24. The van der Waals surface area contributed by atoms with Crippen molar-refractivity contribution in [3.05, 3.63) is 28.5 Å². The molecule has 1 heterocycles. The van der Waals surface area contributed by atoms with Crippen molar-refractivity contribution in [1.29, 1.82) is 5.26 Å². The Morgan fingerprint density at radius 1 is 1.55 bits per heavy atom. The molecule has 1 aromatic rings. The molecule has 0 aliphatic heterocycles. The molecule has 0 bridgehead atoms. The first-order valence-electron chi connectivity index (χ1n) is 6.52. The summed E-state index contributed by atoms with van der Waals surface area (Å²) in [5, 5.41) is 31.1. The van der Waals surface area contributed by atoms with E-state index in [1.807, 2.05) is 6.07 Å². The molecule has 2 atom stereocenters. The first-order chi connectivity index (χ1) is 10.1. The van der Waals surface area contributed by atoms with Crippen molar-refractivity contribution < 1.29 is 19.7 Å². The van der Waals surface area contributed by atoms with Gasteiger partial charge in [0.1, 0.15) is 29.0 Å². The zero-order valence-electron chi connectivity index (χ0n) is 12.5. The van der Waals surface area contributed by atoms with Crippen molar-refractivity contribution in [2.45, 2.75) is 38.6 Å². The van der Waals surface area contributed by atoms with Crippen LogP contribution >= 0.6 is 11.6 Å². The summed E-state index contributed by atoms with van der Waals surface area (Å²) in [6.45, 7) is 4.87. The SMILES string of the molecule is CC(C)(C)OC(=O)NCC(O)C(O)c1cc(C#N)cnc1Cl. The molecular weight excluding hydrogens is 310 g/mol. The third-order valence-electron chi connectivity index (χ3n) is 2.53.